The molecule has 0 bridgehead atoms. The number of alkyl carbamates (subject to hydrolysis) is 1. The zero-order valence-corrected chi connectivity index (χ0v) is 25.0. The van der Waals surface area contributed by atoms with Gasteiger partial charge in [-0.1, -0.05) is 36.4 Å². The fourth-order valence-corrected chi connectivity index (χ4v) is 5.42. The third-order valence-electron chi connectivity index (χ3n) is 7.47. The van der Waals surface area contributed by atoms with Crippen molar-refractivity contribution in [3.05, 3.63) is 64.4 Å². The van der Waals surface area contributed by atoms with E-state index in [-0.39, 0.29) is 41.2 Å². The van der Waals surface area contributed by atoms with E-state index >= 15 is 0 Å². The Morgan fingerprint density at radius 1 is 1.20 bits per heavy atom. The number of hydrogen-bond acceptors (Lipinski definition) is 7. The Hall–Kier alpha value is -2.89. The number of carbonyl (C=O) groups excluding carboxylic acids is 2. The predicted octanol–water partition coefficient (Wildman–Crippen LogP) is 5.57. The molecule has 0 aromatic heterocycles. The molecule has 2 aromatic carbocycles. The predicted molar refractivity (Wildman–Crippen MR) is 153 cm³/mol. The number of aliphatic hydroxyl groups excluding tert-OH is 1. The summed E-state index contributed by atoms with van der Waals surface area (Å²) in [6.07, 6.45) is 0.902. The van der Waals surface area contributed by atoms with Crippen LogP contribution >= 0.6 is 15.9 Å². The summed E-state index contributed by atoms with van der Waals surface area (Å²) in [7, 11) is 0. The first-order chi connectivity index (χ1) is 19.5. The van der Waals surface area contributed by atoms with Crippen LogP contribution in [0.3, 0.4) is 0 Å². The Labute approximate surface area is 248 Å². The van der Waals surface area contributed by atoms with Crippen molar-refractivity contribution in [3.8, 4) is 5.75 Å². The number of benzene rings is 2. The monoisotopic (exact) mass is 636 g/mol. The van der Waals surface area contributed by atoms with Crippen LogP contribution in [-0.4, -0.2) is 71.8 Å². The number of aliphatic hydroxyl groups is 1. The summed E-state index contributed by atoms with van der Waals surface area (Å²) in [5, 5.41) is 13.2. The number of likely N-dealkylation sites (tertiary alicyclic amines) is 1. The highest BCUT2D eigenvalue weighted by Gasteiger charge is 2.44. The molecule has 4 rings (SSSR count). The number of hydrogen-bond donors (Lipinski definition) is 2. The molecule has 11 heteroatoms. The van der Waals surface area contributed by atoms with Crippen molar-refractivity contribution < 1.29 is 38.0 Å². The molecule has 2 saturated heterocycles. The van der Waals surface area contributed by atoms with Gasteiger partial charge in [-0.15, -0.1) is 0 Å². The first-order valence-electron chi connectivity index (χ1n) is 13.9. The molecule has 2 atom stereocenters. The Kier molecular flexibility index (Phi) is 10.5. The minimum atomic E-state index is -0.858. The van der Waals surface area contributed by atoms with Gasteiger partial charge >= 0.3 is 12.2 Å². The highest BCUT2D eigenvalue weighted by atomic mass is 79.9. The fourth-order valence-electron chi connectivity index (χ4n) is 5.07. The van der Waals surface area contributed by atoms with Crippen molar-refractivity contribution in [1.29, 1.82) is 0 Å². The molecule has 2 N–H and O–H groups in total. The van der Waals surface area contributed by atoms with Crippen LogP contribution in [-0.2, 0) is 20.8 Å². The van der Waals surface area contributed by atoms with Crippen molar-refractivity contribution in [2.24, 2.45) is 0 Å². The fraction of sp³-hybridized carbons (Fsp3) is 0.533. The smallest absolute Gasteiger partial charge is 0.410 e. The standard InChI is InChI=1S/C30H38BrFN2O7/c1-29(2,12-11-23(35)20-38-25-10-6-9-24(31)26(25)32)41-27(36)33-22-17-30(40-19-22)13-15-34(16-14-30)28(37)39-18-21-7-4-3-5-8-21/h3-10,22-23,35H,11-20H2,1-2H3,(H,33,36)/t22-,23-/m0/s1. The van der Waals surface area contributed by atoms with E-state index in [1.807, 2.05) is 30.3 Å². The number of carbonyl (C=O) groups is 2. The Morgan fingerprint density at radius 2 is 1.93 bits per heavy atom. The van der Waals surface area contributed by atoms with Crippen LogP contribution in [0, 0.1) is 5.82 Å². The molecule has 0 saturated carbocycles. The first-order valence-corrected chi connectivity index (χ1v) is 14.7. The van der Waals surface area contributed by atoms with Gasteiger partial charge in [0.25, 0.3) is 0 Å². The first kappa shape index (κ1) is 31.1. The van der Waals surface area contributed by atoms with Gasteiger partial charge in [0.2, 0.25) is 0 Å². The van der Waals surface area contributed by atoms with Crippen LogP contribution < -0.4 is 10.1 Å². The number of rotatable bonds is 10. The molecule has 2 heterocycles. The number of nitrogens with zero attached hydrogens (tertiary/aromatic N) is 1. The minimum Gasteiger partial charge on any atom is -0.488 e. The molecule has 41 heavy (non-hydrogen) atoms. The molecule has 0 unspecified atom stereocenters. The van der Waals surface area contributed by atoms with Gasteiger partial charge in [-0.2, -0.15) is 0 Å². The maximum atomic E-state index is 14.0. The Bertz CT molecular complexity index is 1170. The van der Waals surface area contributed by atoms with Gasteiger partial charge in [-0.25, -0.2) is 14.0 Å². The van der Waals surface area contributed by atoms with E-state index in [0.29, 0.717) is 51.8 Å². The SMILES string of the molecule is CC(C)(CC[C@H](O)COc1cccc(Br)c1F)OC(=O)N[C@@H]1COC2(CCN(C(=O)OCc3ccccc3)CC2)C1. The summed E-state index contributed by atoms with van der Waals surface area (Å²) < 4.78 is 36.9. The van der Waals surface area contributed by atoms with Crippen LogP contribution in [0.25, 0.3) is 0 Å². The summed E-state index contributed by atoms with van der Waals surface area (Å²) in [5.41, 5.74) is -0.285. The normalized spacial score (nSPS) is 19.0. The lowest BCUT2D eigenvalue weighted by atomic mass is 9.87. The summed E-state index contributed by atoms with van der Waals surface area (Å²) in [4.78, 5) is 26.8. The number of ether oxygens (including phenoxy) is 4. The van der Waals surface area contributed by atoms with Crippen LogP contribution in [0.5, 0.6) is 5.75 Å². The van der Waals surface area contributed by atoms with Gasteiger partial charge in [-0.3, -0.25) is 0 Å². The lowest BCUT2D eigenvalue weighted by Gasteiger charge is -2.38. The molecule has 2 aromatic rings. The molecule has 2 amide bonds. The summed E-state index contributed by atoms with van der Waals surface area (Å²) in [5.74, 6) is -0.469. The zero-order valence-electron chi connectivity index (χ0n) is 23.4. The van der Waals surface area contributed by atoms with Crippen molar-refractivity contribution in [3.63, 3.8) is 0 Å². The lowest BCUT2D eigenvalue weighted by molar-refractivity contribution is -0.0423. The number of halogens is 2. The summed E-state index contributed by atoms with van der Waals surface area (Å²) in [6, 6.07) is 14.1. The highest BCUT2D eigenvalue weighted by molar-refractivity contribution is 9.10. The molecule has 224 valence electrons. The number of amides is 2. The summed E-state index contributed by atoms with van der Waals surface area (Å²) in [6.45, 7) is 5.12. The van der Waals surface area contributed by atoms with Crippen molar-refractivity contribution >= 4 is 28.1 Å². The maximum absolute atomic E-state index is 14.0. The molecule has 2 aliphatic rings. The molecule has 9 nitrogen and oxygen atoms in total. The molecule has 1 spiro atoms. The van der Waals surface area contributed by atoms with E-state index in [1.54, 1.807) is 30.9 Å². The molecule has 2 fully saturated rings. The topological polar surface area (TPSA) is 107 Å². The molecule has 0 radical (unpaired) electrons. The average molecular weight is 638 g/mol. The third kappa shape index (κ3) is 9.05. The summed E-state index contributed by atoms with van der Waals surface area (Å²) >= 11 is 3.11. The van der Waals surface area contributed by atoms with Gasteiger partial charge in [0.15, 0.2) is 11.6 Å². The van der Waals surface area contributed by atoms with Gasteiger partial charge < -0.3 is 34.3 Å². The second-order valence-corrected chi connectivity index (χ2v) is 12.1. The third-order valence-corrected chi connectivity index (χ3v) is 8.08. The number of piperidine rings is 1. The van der Waals surface area contributed by atoms with Crippen molar-refractivity contribution in [1.82, 2.24) is 10.2 Å². The Morgan fingerprint density at radius 3 is 2.66 bits per heavy atom. The van der Waals surface area contributed by atoms with Gasteiger partial charge in [0.05, 0.1) is 28.8 Å². The van der Waals surface area contributed by atoms with Gasteiger partial charge in [0.1, 0.15) is 18.8 Å². The van der Waals surface area contributed by atoms with Crippen molar-refractivity contribution in [2.75, 3.05) is 26.3 Å². The van der Waals surface area contributed by atoms with Gasteiger partial charge in [0, 0.05) is 13.1 Å². The van der Waals surface area contributed by atoms with E-state index in [0.717, 1.165) is 5.56 Å². The average Bonchev–Trinajstić information content (AvgIpc) is 3.33. The van der Waals surface area contributed by atoms with Crippen LogP contribution in [0.4, 0.5) is 14.0 Å². The van der Waals surface area contributed by atoms with E-state index in [2.05, 4.69) is 21.2 Å². The molecule has 0 aliphatic carbocycles. The second-order valence-electron chi connectivity index (χ2n) is 11.3. The molecule has 2 aliphatic heterocycles. The van der Waals surface area contributed by atoms with Crippen LogP contribution in [0.2, 0.25) is 0 Å². The highest BCUT2D eigenvalue weighted by Crippen LogP contribution is 2.36. The van der Waals surface area contributed by atoms with Crippen LogP contribution in [0.1, 0.15) is 51.5 Å². The molecular weight excluding hydrogens is 599 g/mol. The minimum absolute atomic E-state index is 0.0542. The van der Waals surface area contributed by atoms with E-state index in [4.69, 9.17) is 18.9 Å². The van der Waals surface area contributed by atoms with Crippen molar-refractivity contribution in [2.45, 2.75) is 75.9 Å². The number of nitrogens with one attached hydrogen (secondary N) is 1. The van der Waals surface area contributed by atoms with Gasteiger partial charge in [-0.05, 0) is 79.6 Å². The van der Waals surface area contributed by atoms with Crippen LogP contribution in [0.15, 0.2) is 53.0 Å². The Balaban J connectivity index is 1.14. The zero-order chi connectivity index (χ0) is 29.5. The molecular formula is C30H38BrFN2O7. The lowest BCUT2D eigenvalue weighted by Crippen LogP contribution is -2.47. The largest absolute Gasteiger partial charge is 0.488 e. The second kappa shape index (κ2) is 13.8. The van der Waals surface area contributed by atoms with E-state index in [9.17, 15) is 19.1 Å². The van der Waals surface area contributed by atoms with E-state index < -0.39 is 23.6 Å². The quantitative estimate of drug-likeness (QED) is 0.351. The van der Waals surface area contributed by atoms with E-state index in [1.165, 1.54) is 6.07 Å². The maximum Gasteiger partial charge on any atom is 0.410 e.